The number of nitrogens with one attached hydrogen (secondary N) is 2. The van der Waals surface area contributed by atoms with E-state index in [0.717, 1.165) is 10.5 Å². The van der Waals surface area contributed by atoms with E-state index in [0.29, 0.717) is 17.3 Å². The van der Waals surface area contributed by atoms with Gasteiger partial charge < -0.3 is 5.73 Å². The number of aromatic nitrogens is 2. The maximum Gasteiger partial charge on any atom is 0.234 e. The van der Waals surface area contributed by atoms with Crippen LogP contribution in [-0.4, -0.2) is 30.1 Å². The number of nitrogen functional groups attached to an aromatic ring is 1. The topological polar surface area (TPSA) is 101 Å². The summed E-state index contributed by atoms with van der Waals surface area (Å²) in [5.74, 6) is 0.843. The Hall–Kier alpha value is -1.67. The second-order valence-corrected chi connectivity index (χ2v) is 7.21. The molecule has 1 heterocycles. The van der Waals surface area contributed by atoms with Gasteiger partial charge in [-0.3, -0.25) is 9.82 Å². The molecule has 1 aromatic heterocycles. The van der Waals surface area contributed by atoms with Gasteiger partial charge in [-0.05, 0) is 19.1 Å². The highest BCUT2D eigenvalue weighted by Crippen LogP contribution is 2.24. The van der Waals surface area contributed by atoms with Gasteiger partial charge in [0.2, 0.25) is 10.0 Å². The number of thioether (sulfide) groups is 1. The van der Waals surface area contributed by atoms with Crippen molar-refractivity contribution in [1.29, 1.82) is 0 Å². The highest BCUT2D eigenvalue weighted by atomic mass is 32.2. The van der Waals surface area contributed by atoms with Crippen molar-refractivity contribution in [3.8, 4) is 0 Å². The number of H-pyrrole nitrogens is 1. The lowest BCUT2D eigenvalue weighted by molar-refractivity contribution is 0.602. The third-order valence-corrected chi connectivity index (χ3v) is 5.22. The smallest absolute Gasteiger partial charge is 0.234 e. The largest absolute Gasteiger partial charge is 0.398 e. The number of nitrogens with two attached hydrogens (primary N) is 1. The molecule has 4 N–H and O–H groups in total. The van der Waals surface area contributed by atoms with E-state index < -0.39 is 10.0 Å². The van der Waals surface area contributed by atoms with Gasteiger partial charge >= 0.3 is 0 Å². The predicted octanol–water partition coefficient (Wildman–Crippen LogP) is 1.83. The second kappa shape index (κ2) is 6.19. The van der Waals surface area contributed by atoms with E-state index in [1.54, 1.807) is 19.2 Å². The minimum Gasteiger partial charge on any atom is -0.398 e. The van der Waals surface area contributed by atoms with Gasteiger partial charge in [-0.15, -0.1) is 11.8 Å². The molecule has 8 heteroatoms. The lowest BCUT2D eigenvalue weighted by Gasteiger charge is -2.07. The summed E-state index contributed by atoms with van der Waals surface area (Å²) in [6.07, 6.45) is 1.57. The number of hydrogen-bond donors (Lipinski definition) is 3. The van der Waals surface area contributed by atoms with E-state index in [9.17, 15) is 8.42 Å². The molecule has 0 amide bonds. The fourth-order valence-electron chi connectivity index (χ4n) is 1.53. The highest BCUT2D eigenvalue weighted by Gasteiger charge is 2.13. The molecule has 0 bridgehead atoms. The van der Waals surface area contributed by atoms with Gasteiger partial charge in [0, 0.05) is 21.9 Å². The van der Waals surface area contributed by atoms with Crippen LogP contribution in [0.15, 0.2) is 35.4 Å². The van der Waals surface area contributed by atoms with E-state index in [1.807, 2.05) is 18.2 Å². The Labute approximate surface area is 122 Å². The lowest BCUT2D eigenvalue weighted by Crippen LogP contribution is -2.18. The molecule has 108 valence electrons. The Morgan fingerprint density at radius 1 is 1.40 bits per heavy atom. The molecule has 0 atom stereocenters. The zero-order valence-electron chi connectivity index (χ0n) is 11.0. The first kappa shape index (κ1) is 14.7. The SMILES string of the molecule is Cc1cn[nH]c1NS(=O)(=O)CCSc1ccccc1N. The van der Waals surface area contributed by atoms with Crippen LogP contribution in [0.1, 0.15) is 5.56 Å². The summed E-state index contributed by atoms with van der Waals surface area (Å²) in [6, 6.07) is 7.39. The number of aryl methyl sites for hydroxylation is 1. The normalized spacial score (nSPS) is 11.4. The highest BCUT2D eigenvalue weighted by molar-refractivity contribution is 8.01. The summed E-state index contributed by atoms with van der Waals surface area (Å²) in [5.41, 5.74) is 7.22. The van der Waals surface area contributed by atoms with Crippen LogP contribution in [-0.2, 0) is 10.0 Å². The third kappa shape index (κ3) is 3.91. The van der Waals surface area contributed by atoms with E-state index in [4.69, 9.17) is 5.73 Å². The van der Waals surface area contributed by atoms with E-state index in [1.165, 1.54) is 11.8 Å². The zero-order chi connectivity index (χ0) is 14.6. The molecule has 20 heavy (non-hydrogen) atoms. The molecule has 0 aliphatic carbocycles. The van der Waals surface area contributed by atoms with Crippen LogP contribution >= 0.6 is 11.8 Å². The van der Waals surface area contributed by atoms with Gasteiger partial charge in [0.1, 0.15) is 5.82 Å². The molecular formula is C12H16N4O2S2. The first-order chi connectivity index (χ1) is 9.48. The van der Waals surface area contributed by atoms with E-state index in [2.05, 4.69) is 14.9 Å². The Morgan fingerprint density at radius 2 is 2.15 bits per heavy atom. The van der Waals surface area contributed by atoms with Gasteiger partial charge in [-0.25, -0.2) is 8.42 Å². The van der Waals surface area contributed by atoms with Gasteiger partial charge in [0.05, 0.1) is 11.9 Å². The Morgan fingerprint density at radius 3 is 2.80 bits per heavy atom. The Kier molecular flexibility index (Phi) is 4.56. The van der Waals surface area contributed by atoms with E-state index >= 15 is 0 Å². The molecule has 6 nitrogen and oxygen atoms in total. The van der Waals surface area contributed by atoms with Crippen LogP contribution in [0, 0.1) is 6.92 Å². The minimum absolute atomic E-state index is 0.00443. The van der Waals surface area contributed by atoms with Crippen LogP contribution in [0.3, 0.4) is 0 Å². The molecule has 1 aromatic carbocycles. The molecule has 0 aliphatic rings. The van der Waals surface area contributed by atoms with Crippen molar-refractivity contribution in [3.63, 3.8) is 0 Å². The number of hydrogen-bond acceptors (Lipinski definition) is 5. The maximum absolute atomic E-state index is 11.9. The van der Waals surface area contributed by atoms with Crippen molar-refractivity contribution in [2.24, 2.45) is 0 Å². The van der Waals surface area contributed by atoms with Crippen LogP contribution in [0.5, 0.6) is 0 Å². The van der Waals surface area contributed by atoms with Crippen LogP contribution in [0.4, 0.5) is 11.5 Å². The van der Waals surface area contributed by atoms with Crippen LogP contribution in [0.25, 0.3) is 0 Å². The van der Waals surface area contributed by atoms with Crippen molar-refractivity contribution < 1.29 is 8.42 Å². The second-order valence-electron chi connectivity index (χ2n) is 4.24. The molecule has 0 saturated carbocycles. The molecular weight excluding hydrogens is 296 g/mol. The van der Waals surface area contributed by atoms with Gasteiger partial charge in [-0.1, -0.05) is 12.1 Å². The molecule has 0 fully saturated rings. The van der Waals surface area contributed by atoms with Crippen LogP contribution < -0.4 is 10.5 Å². The van der Waals surface area contributed by atoms with Gasteiger partial charge in [0.15, 0.2) is 0 Å². The first-order valence-corrected chi connectivity index (χ1v) is 8.59. The summed E-state index contributed by atoms with van der Waals surface area (Å²) >= 11 is 1.42. The summed E-state index contributed by atoms with van der Waals surface area (Å²) in [5, 5.41) is 6.38. The lowest BCUT2D eigenvalue weighted by atomic mass is 10.3. The average molecular weight is 312 g/mol. The number of anilines is 2. The predicted molar refractivity (Wildman–Crippen MR) is 82.3 cm³/mol. The maximum atomic E-state index is 11.9. The average Bonchev–Trinajstić information content (AvgIpc) is 2.77. The number of sulfonamides is 1. The third-order valence-electron chi connectivity index (χ3n) is 2.62. The van der Waals surface area contributed by atoms with Crippen molar-refractivity contribution in [2.75, 3.05) is 22.0 Å². The standard InChI is InChI=1S/C12H16N4O2S2/c1-9-8-14-15-12(9)16-20(17,18)7-6-19-11-5-3-2-4-10(11)13/h2-5,8H,6-7,13H2,1H3,(H2,14,15,16). The number of aromatic amines is 1. The molecule has 2 rings (SSSR count). The summed E-state index contributed by atoms with van der Waals surface area (Å²) in [7, 11) is -3.39. The molecule has 0 radical (unpaired) electrons. The number of para-hydroxylation sites is 1. The monoisotopic (exact) mass is 312 g/mol. The van der Waals surface area contributed by atoms with Crippen molar-refractivity contribution in [1.82, 2.24) is 10.2 Å². The first-order valence-electron chi connectivity index (χ1n) is 5.96. The van der Waals surface area contributed by atoms with Gasteiger partial charge in [-0.2, -0.15) is 5.10 Å². The fourth-order valence-corrected chi connectivity index (χ4v) is 3.99. The van der Waals surface area contributed by atoms with E-state index in [-0.39, 0.29) is 5.75 Å². The fraction of sp³-hybridized carbons (Fsp3) is 0.250. The summed E-state index contributed by atoms with van der Waals surface area (Å²) < 4.78 is 26.3. The molecule has 0 saturated heterocycles. The molecule has 0 unspecified atom stereocenters. The van der Waals surface area contributed by atoms with Crippen molar-refractivity contribution in [2.45, 2.75) is 11.8 Å². The number of benzene rings is 1. The van der Waals surface area contributed by atoms with Crippen molar-refractivity contribution in [3.05, 3.63) is 36.0 Å². The van der Waals surface area contributed by atoms with Crippen LogP contribution in [0.2, 0.25) is 0 Å². The quantitative estimate of drug-likeness (QED) is 0.558. The zero-order valence-corrected chi connectivity index (χ0v) is 12.6. The Balaban J connectivity index is 1.90. The molecule has 0 aliphatic heterocycles. The number of nitrogens with zero attached hydrogens (tertiary/aromatic N) is 1. The Bertz CT molecular complexity index is 682. The molecule has 2 aromatic rings. The summed E-state index contributed by atoms with van der Waals surface area (Å²) in [4.78, 5) is 0.889. The molecule has 0 spiro atoms. The number of rotatable bonds is 6. The minimum atomic E-state index is -3.39. The van der Waals surface area contributed by atoms with Crippen molar-refractivity contribution >= 4 is 33.3 Å². The van der Waals surface area contributed by atoms with Gasteiger partial charge in [0.25, 0.3) is 0 Å². The summed E-state index contributed by atoms with van der Waals surface area (Å²) in [6.45, 7) is 1.78.